The van der Waals surface area contributed by atoms with Gasteiger partial charge in [0.05, 0.1) is 0 Å². The van der Waals surface area contributed by atoms with Gasteiger partial charge in [-0.15, -0.1) is 0 Å². The summed E-state index contributed by atoms with van der Waals surface area (Å²) in [6, 6.07) is 7.40. The van der Waals surface area contributed by atoms with E-state index in [1.807, 2.05) is 6.92 Å². The van der Waals surface area contributed by atoms with Crippen molar-refractivity contribution in [1.82, 2.24) is 9.80 Å². The van der Waals surface area contributed by atoms with Crippen molar-refractivity contribution in [3.63, 3.8) is 0 Å². The molecule has 0 aliphatic carbocycles. The minimum Gasteiger partial charge on any atom is -0.479 e. The lowest BCUT2D eigenvalue weighted by Crippen LogP contribution is -2.56. The van der Waals surface area contributed by atoms with Crippen molar-refractivity contribution in [2.45, 2.75) is 25.8 Å². The molecule has 22 heavy (non-hydrogen) atoms. The number of hydrogen-bond acceptors (Lipinski definition) is 3. The second kappa shape index (κ2) is 7.06. The predicted molar refractivity (Wildman–Crippen MR) is 80.0 cm³/mol. The minimum absolute atomic E-state index is 0.236. The molecule has 1 atom stereocenters. The number of piperazine rings is 1. The molecular weight excluding hydrogens is 284 g/mol. The highest BCUT2D eigenvalue weighted by Gasteiger charge is 2.39. The third kappa shape index (κ3) is 3.27. The molecule has 1 aliphatic heterocycles. The van der Waals surface area contributed by atoms with Crippen LogP contribution in [0.5, 0.6) is 0 Å². The van der Waals surface area contributed by atoms with Crippen LogP contribution in [0.25, 0.3) is 0 Å². The molecule has 6 nitrogen and oxygen atoms in total. The molecule has 0 unspecified atom stereocenters. The van der Waals surface area contributed by atoms with E-state index in [9.17, 15) is 19.5 Å². The molecule has 0 spiro atoms. The Morgan fingerprint density at radius 3 is 2.45 bits per heavy atom. The van der Waals surface area contributed by atoms with E-state index in [2.05, 4.69) is 0 Å². The van der Waals surface area contributed by atoms with E-state index >= 15 is 0 Å². The number of carboxylic acids is 1. The Hall–Kier alpha value is -2.37. The van der Waals surface area contributed by atoms with Crippen LogP contribution in [0.3, 0.4) is 0 Å². The summed E-state index contributed by atoms with van der Waals surface area (Å²) in [7, 11) is 0. The largest absolute Gasteiger partial charge is 0.479 e. The van der Waals surface area contributed by atoms with Gasteiger partial charge < -0.3 is 14.9 Å². The first kappa shape index (κ1) is 16.0. The molecule has 6 heteroatoms. The number of rotatable bonds is 6. The van der Waals surface area contributed by atoms with Crippen molar-refractivity contribution in [1.29, 1.82) is 0 Å². The van der Waals surface area contributed by atoms with Crippen LogP contribution in [0.4, 0.5) is 0 Å². The Bertz CT molecular complexity index is 559. The van der Waals surface area contributed by atoms with Crippen LogP contribution in [0.1, 0.15) is 31.4 Å². The molecule has 1 aliphatic rings. The highest BCUT2D eigenvalue weighted by Crippen LogP contribution is 2.23. The van der Waals surface area contributed by atoms with Crippen molar-refractivity contribution < 1.29 is 19.5 Å². The Labute approximate surface area is 129 Å². The molecule has 0 saturated carbocycles. The van der Waals surface area contributed by atoms with E-state index in [1.54, 1.807) is 30.3 Å². The number of carbonyl (C=O) groups is 3. The molecule has 2 rings (SSSR count). The van der Waals surface area contributed by atoms with Gasteiger partial charge in [0.25, 0.3) is 0 Å². The van der Waals surface area contributed by atoms with Gasteiger partial charge in [-0.1, -0.05) is 43.7 Å². The molecule has 1 saturated heterocycles. The molecule has 118 valence electrons. The van der Waals surface area contributed by atoms with Gasteiger partial charge in [0.15, 0.2) is 6.04 Å². The summed E-state index contributed by atoms with van der Waals surface area (Å²) < 4.78 is 0. The Morgan fingerprint density at radius 2 is 1.86 bits per heavy atom. The van der Waals surface area contributed by atoms with E-state index < -0.39 is 23.8 Å². The summed E-state index contributed by atoms with van der Waals surface area (Å²) in [5, 5.41) is 9.47. The summed E-state index contributed by atoms with van der Waals surface area (Å²) in [6.07, 6.45) is 1.77. The number of hydrogen-bond donors (Lipinski definition) is 1. The number of benzene rings is 1. The zero-order valence-electron chi connectivity index (χ0n) is 12.6. The van der Waals surface area contributed by atoms with Gasteiger partial charge in [0.1, 0.15) is 0 Å². The van der Waals surface area contributed by atoms with Gasteiger partial charge in [-0.05, 0) is 12.0 Å². The van der Waals surface area contributed by atoms with E-state index in [-0.39, 0.29) is 6.54 Å². The standard InChI is InChI=1S/C16H20N2O4/c1-2-3-9-17-10-11-18(15(20)14(17)19)13(16(21)22)12-7-5-4-6-8-12/h4-8,13H,2-3,9-11H2,1H3,(H,21,22)/t13-/m1/s1. The average molecular weight is 304 g/mol. The molecule has 1 aromatic rings. The maximum atomic E-state index is 12.3. The second-order valence-electron chi connectivity index (χ2n) is 5.30. The van der Waals surface area contributed by atoms with Crippen molar-refractivity contribution in [2.75, 3.05) is 19.6 Å². The van der Waals surface area contributed by atoms with Gasteiger partial charge in [-0.3, -0.25) is 9.59 Å². The Morgan fingerprint density at radius 1 is 1.18 bits per heavy atom. The molecule has 1 heterocycles. The van der Waals surface area contributed by atoms with Crippen molar-refractivity contribution in [2.24, 2.45) is 0 Å². The summed E-state index contributed by atoms with van der Waals surface area (Å²) in [6.45, 7) is 3.16. The van der Waals surface area contributed by atoms with Crippen LogP contribution in [0.2, 0.25) is 0 Å². The van der Waals surface area contributed by atoms with Gasteiger partial charge in [0, 0.05) is 19.6 Å². The number of carbonyl (C=O) groups excluding carboxylic acids is 2. The Kier molecular flexibility index (Phi) is 5.14. The normalized spacial score (nSPS) is 16.8. The molecule has 0 bridgehead atoms. The smallest absolute Gasteiger partial charge is 0.331 e. The summed E-state index contributed by atoms with van der Waals surface area (Å²) in [5.74, 6) is -2.48. The van der Waals surface area contributed by atoms with Crippen LogP contribution in [-0.2, 0) is 14.4 Å². The van der Waals surface area contributed by atoms with Gasteiger partial charge >= 0.3 is 17.8 Å². The Balaban J connectivity index is 2.19. The topological polar surface area (TPSA) is 77.9 Å². The number of unbranched alkanes of at least 4 members (excludes halogenated alkanes) is 1. The fraction of sp³-hybridized carbons (Fsp3) is 0.438. The molecule has 1 aromatic carbocycles. The fourth-order valence-corrected chi connectivity index (χ4v) is 2.59. The monoisotopic (exact) mass is 304 g/mol. The van der Waals surface area contributed by atoms with E-state index in [0.29, 0.717) is 18.7 Å². The summed E-state index contributed by atoms with van der Waals surface area (Å²) in [5.41, 5.74) is 0.498. The van der Waals surface area contributed by atoms with Crippen LogP contribution in [-0.4, -0.2) is 52.3 Å². The first-order valence-electron chi connectivity index (χ1n) is 7.44. The highest BCUT2D eigenvalue weighted by molar-refractivity contribution is 6.35. The summed E-state index contributed by atoms with van der Waals surface area (Å²) >= 11 is 0. The van der Waals surface area contributed by atoms with Crippen molar-refractivity contribution in [3.05, 3.63) is 35.9 Å². The SMILES string of the molecule is CCCCN1CCN([C@@H](C(=O)O)c2ccccc2)C(=O)C1=O. The predicted octanol–water partition coefficient (Wildman–Crippen LogP) is 1.28. The minimum atomic E-state index is -1.13. The van der Waals surface area contributed by atoms with Crippen LogP contribution in [0, 0.1) is 0 Å². The third-order valence-electron chi connectivity index (χ3n) is 3.78. The quantitative estimate of drug-likeness (QED) is 0.803. The zero-order chi connectivity index (χ0) is 16.1. The van der Waals surface area contributed by atoms with E-state index in [1.165, 1.54) is 4.90 Å². The highest BCUT2D eigenvalue weighted by atomic mass is 16.4. The van der Waals surface area contributed by atoms with Gasteiger partial charge in [0.2, 0.25) is 0 Å². The van der Waals surface area contributed by atoms with Crippen molar-refractivity contribution in [3.8, 4) is 0 Å². The van der Waals surface area contributed by atoms with Gasteiger partial charge in [-0.2, -0.15) is 0 Å². The fourth-order valence-electron chi connectivity index (χ4n) is 2.59. The maximum Gasteiger partial charge on any atom is 0.331 e. The van der Waals surface area contributed by atoms with Crippen LogP contribution >= 0.6 is 0 Å². The molecule has 2 amide bonds. The van der Waals surface area contributed by atoms with E-state index in [4.69, 9.17) is 0 Å². The average Bonchev–Trinajstić information content (AvgIpc) is 2.52. The molecular formula is C16H20N2O4. The maximum absolute atomic E-state index is 12.3. The van der Waals surface area contributed by atoms with Crippen LogP contribution in [0.15, 0.2) is 30.3 Å². The lowest BCUT2D eigenvalue weighted by atomic mass is 10.0. The number of carboxylic acid groups (broad SMARTS) is 1. The molecule has 0 radical (unpaired) electrons. The summed E-state index contributed by atoms with van der Waals surface area (Å²) in [4.78, 5) is 38.7. The second-order valence-corrected chi connectivity index (χ2v) is 5.30. The van der Waals surface area contributed by atoms with E-state index in [0.717, 1.165) is 17.7 Å². The lowest BCUT2D eigenvalue weighted by molar-refractivity contribution is -0.162. The number of nitrogens with zero attached hydrogens (tertiary/aromatic N) is 2. The molecule has 0 aromatic heterocycles. The van der Waals surface area contributed by atoms with Crippen LogP contribution < -0.4 is 0 Å². The lowest BCUT2D eigenvalue weighted by Gasteiger charge is -2.36. The third-order valence-corrected chi connectivity index (χ3v) is 3.78. The van der Waals surface area contributed by atoms with Crippen molar-refractivity contribution >= 4 is 17.8 Å². The molecule has 1 fully saturated rings. The zero-order valence-corrected chi connectivity index (χ0v) is 12.6. The first-order valence-corrected chi connectivity index (χ1v) is 7.44. The van der Waals surface area contributed by atoms with Gasteiger partial charge in [-0.25, -0.2) is 4.79 Å². The molecule has 1 N–H and O–H groups in total. The number of amides is 2. The number of aliphatic carboxylic acids is 1. The first-order chi connectivity index (χ1) is 10.6.